The number of carbonyl (C=O) groups is 2. The second-order valence-electron chi connectivity index (χ2n) is 7.77. The Labute approximate surface area is 124 Å². The maximum absolute atomic E-state index is 12.3. The molecule has 6 heteroatoms. The third-order valence-corrected chi connectivity index (χ3v) is 5.30. The van der Waals surface area contributed by atoms with Crippen LogP contribution in [0.5, 0.6) is 0 Å². The maximum atomic E-state index is 12.3. The number of rotatable bonds is 3. The van der Waals surface area contributed by atoms with E-state index in [9.17, 15) is 14.7 Å². The fraction of sp³-hybridized carbons (Fsp3) is 0.867. The lowest BCUT2D eigenvalue weighted by molar-refractivity contribution is -0.142. The van der Waals surface area contributed by atoms with Gasteiger partial charge in [0.05, 0.1) is 0 Å². The summed E-state index contributed by atoms with van der Waals surface area (Å²) >= 11 is 0. The van der Waals surface area contributed by atoms with Gasteiger partial charge in [-0.25, -0.2) is 4.79 Å². The third kappa shape index (κ3) is 2.20. The normalized spacial score (nSPS) is 34.1. The van der Waals surface area contributed by atoms with Gasteiger partial charge in [0.25, 0.3) is 0 Å². The van der Waals surface area contributed by atoms with Gasteiger partial charge in [-0.2, -0.15) is 0 Å². The average molecular weight is 296 g/mol. The van der Waals surface area contributed by atoms with Gasteiger partial charge < -0.3 is 20.5 Å². The van der Waals surface area contributed by atoms with Gasteiger partial charge in [-0.1, -0.05) is 0 Å². The van der Waals surface area contributed by atoms with Crippen LogP contribution >= 0.6 is 0 Å². The number of nitrogens with zero attached hydrogens (tertiary/aromatic N) is 1. The number of fused-ring (bicyclic) bond motifs is 1. The molecule has 0 aromatic heterocycles. The summed E-state index contributed by atoms with van der Waals surface area (Å²) < 4.78 is 5.45. The minimum atomic E-state index is -0.928. The molecule has 21 heavy (non-hydrogen) atoms. The molecule has 4 fully saturated rings. The minimum absolute atomic E-state index is 0.109. The van der Waals surface area contributed by atoms with Crippen LogP contribution in [0, 0.1) is 17.3 Å². The van der Waals surface area contributed by atoms with E-state index in [0.717, 1.165) is 19.3 Å². The summed E-state index contributed by atoms with van der Waals surface area (Å²) in [5.41, 5.74) is 5.11. The van der Waals surface area contributed by atoms with Crippen molar-refractivity contribution >= 4 is 12.1 Å². The number of carbonyl (C=O) groups excluding carboxylic acids is 1. The van der Waals surface area contributed by atoms with Crippen molar-refractivity contribution in [3.63, 3.8) is 0 Å². The van der Waals surface area contributed by atoms with E-state index in [-0.39, 0.29) is 23.5 Å². The molecule has 0 radical (unpaired) electrons. The second kappa shape index (κ2) is 4.35. The van der Waals surface area contributed by atoms with E-state index in [1.807, 2.05) is 20.8 Å². The largest absolute Gasteiger partial charge is 0.480 e. The van der Waals surface area contributed by atoms with Crippen molar-refractivity contribution in [2.45, 2.75) is 57.7 Å². The van der Waals surface area contributed by atoms with Gasteiger partial charge >= 0.3 is 12.1 Å². The quantitative estimate of drug-likeness (QED) is 0.822. The Balaban J connectivity index is 1.71. The summed E-state index contributed by atoms with van der Waals surface area (Å²) in [5, 5.41) is 9.22. The molecule has 0 aromatic rings. The molecule has 2 saturated heterocycles. The molecule has 2 unspecified atom stereocenters. The smallest absolute Gasteiger partial charge is 0.410 e. The number of hydrogen-bond acceptors (Lipinski definition) is 4. The molecule has 4 rings (SSSR count). The highest BCUT2D eigenvalue weighted by atomic mass is 16.6. The molecule has 2 saturated carbocycles. The van der Waals surface area contributed by atoms with Crippen molar-refractivity contribution < 1.29 is 19.4 Å². The van der Waals surface area contributed by atoms with Crippen molar-refractivity contribution in [3.05, 3.63) is 0 Å². The van der Waals surface area contributed by atoms with Gasteiger partial charge in [-0.05, 0) is 51.9 Å². The van der Waals surface area contributed by atoms with E-state index in [2.05, 4.69) is 0 Å². The zero-order chi connectivity index (χ0) is 15.6. The van der Waals surface area contributed by atoms with Crippen molar-refractivity contribution in [1.29, 1.82) is 0 Å². The Morgan fingerprint density at radius 2 is 2.00 bits per heavy atom. The summed E-state index contributed by atoms with van der Waals surface area (Å²) in [6.45, 7) is 6.24. The summed E-state index contributed by atoms with van der Waals surface area (Å²) in [4.78, 5) is 25.3. The van der Waals surface area contributed by atoms with E-state index in [1.54, 1.807) is 4.90 Å². The van der Waals surface area contributed by atoms with E-state index in [1.165, 1.54) is 0 Å². The van der Waals surface area contributed by atoms with Crippen LogP contribution in [0.4, 0.5) is 4.79 Å². The number of nitrogens with two attached hydrogens (primary N) is 1. The Hall–Kier alpha value is -1.30. The number of ether oxygens (including phenoxy) is 1. The molecule has 0 aromatic carbocycles. The van der Waals surface area contributed by atoms with Crippen LogP contribution in [-0.2, 0) is 9.53 Å². The molecule has 2 aliphatic heterocycles. The van der Waals surface area contributed by atoms with E-state index in [0.29, 0.717) is 12.5 Å². The molecular weight excluding hydrogens is 272 g/mol. The monoisotopic (exact) mass is 296 g/mol. The zero-order valence-electron chi connectivity index (χ0n) is 12.8. The second-order valence-corrected chi connectivity index (χ2v) is 7.77. The lowest BCUT2D eigenvalue weighted by Crippen LogP contribution is -2.53. The average Bonchev–Trinajstić information content (AvgIpc) is 2.85. The first-order chi connectivity index (χ1) is 9.66. The van der Waals surface area contributed by atoms with Crippen molar-refractivity contribution in [1.82, 2.24) is 4.90 Å². The summed E-state index contributed by atoms with van der Waals surface area (Å²) in [7, 11) is 0. The number of carboxylic acid groups (broad SMARTS) is 1. The van der Waals surface area contributed by atoms with E-state index >= 15 is 0 Å². The van der Waals surface area contributed by atoms with Crippen molar-refractivity contribution in [3.8, 4) is 0 Å². The van der Waals surface area contributed by atoms with Gasteiger partial charge in [-0.15, -0.1) is 0 Å². The lowest BCUT2D eigenvalue weighted by atomic mass is 9.63. The van der Waals surface area contributed by atoms with Crippen LogP contribution in [-0.4, -0.2) is 46.3 Å². The molecule has 6 nitrogen and oxygen atoms in total. The highest BCUT2D eigenvalue weighted by Gasteiger charge is 2.68. The Morgan fingerprint density at radius 3 is 2.48 bits per heavy atom. The molecule has 118 valence electrons. The van der Waals surface area contributed by atoms with Gasteiger partial charge in [0, 0.05) is 18.0 Å². The van der Waals surface area contributed by atoms with E-state index < -0.39 is 17.6 Å². The highest BCUT2D eigenvalue weighted by Crippen LogP contribution is 2.66. The topological polar surface area (TPSA) is 92.9 Å². The molecule has 2 bridgehead atoms. The highest BCUT2D eigenvalue weighted by molar-refractivity contribution is 5.75. The maximum Gasteiger partial charge on any atom is 0.410 e. The first-order valence-corrected chi connectivity index (χ1v) is 7.64. The predicted octanol–water partition coefficient (Wildman–Crippen LogP) is 1.43. The Kier molecular flexibility index (Phi) is 3.03. The van der Waals surface area contributed by atoms with Crippen LogP contribution in [0.25, 0.3) is 0 Å². The lowest BCUT2D eigenvalue weighted by Gasteiger charge is -2.43. The number of hydrogen-bond donors (Lipinski definition) is 2. The summed E-state index contributed by atoms with van der Waals surface area (Å²) in [6, 6.07) is -0.705. The molecule has 4 aliphatic rings. The first kappa shape index (κ1) is 14.6. The van der Waals surface area contributed by atoms with Crippen LogP contribution in [0.3, 0.4) is 0 Å². The Bertz CT molecular complexity index is 481. The van der Waals surface area contributed by atoms with Crippen molar-refractivity contribution in [2.24, 2.45) is 23.0 Å². The zero-order valence-corrected chi connectivity index (χ0v) is 12.8. The SMILES string of the molecule is CC(C)(C)OC(=O)N1C[C@@H]2C[C@H]1C2C1(C(N)C(=O)O)CC1. The minimum Gasteiger partial charge on any atom is -0.480 e. The molecule has 2 aliphatic carbocycles. The summed E-state index contributed by atoms with van der Waals surface area (Å²) in [5.74, 6) is -0.311. The van der Waals surface area contributed by atoms with E-state index in [4.69, 9.17) is 10.5 Å². The molecular formula is C15H24N2O4. The summed E-state index contributed by atoms with van der Waals surface area (Å²) in [6.07, 6.45) is 2.40. The molecule has 4 atom stereocenters. The van der Waals surface area contributed by atoms with Crippen LogP contribution in [0.1, 0.15) is 40.0 Å². The molecule has 3 N–H and O–H groups in total. The molecule has 0 spiro atoms. The number of amides is 1. The van der Waals surface area contributed by atoms with Gasteiger partial charge in [0.15, 0.2) is 0 Å². The first-order valence-electron chi connectivity index (χ1n) is 7.64. The third-order valence-electron chi connectivity index (χ3n) is 5.30. The van der Waals surface area contributed by atoms with Crippen LogP contribution in [0.15, 0.2) is 0 Å². The number of carboxylic acids is 1. The Morgan fingerprint density at radius 1 is 1.38 bits per heavy atom. The molecule has 2 heterocycles. The van der Waals surface area contributed by atoms with Crippen LogP contribution < -0.4 is 5.73 Å². The fourth-order valence-corrected chi connectivity index (χ4v) is 4.24. The number of aliphatic carboxylic acids is 1. The standard InChI is InChI=1S/C15H24N2O4/c1-14(2,3)21-13(20)17-7-8-6-9(17)10(8)15(4-5-15)11(16)12(18)19/h8-11H,4-7,16H2,1-3H3,(H,18,19)/t8-,9-,10?,11?/m0/s1. The van der Waals surface area contributed by atoms with Gasteiger partial charge in [0.2, 0.25) is 0 Å². The predicted molar refractivity (Wildman–Crippen MR) is 75.6 cm³/mol. The molecule has 1 amide bonds. The van der Waals surface area contributed by atoms with Crippen molar-refractivity contribution in [2.75, 3.05) is 6.54 Å². The van der Waals surface area contributed by atoms with Gasteiger partial charge in [0.1, 0.15) is 11.6 Å². The van der Waals surface area contributed by atoms with Crippen LogP contribution in [0.2, 0.25) is 0 Å². The van der Waals surface area contributed by atoms with Gasteiger partial charge in [-0.3, -0.25) is 4.79 Å². The fourth-order valence-electron chi connectivity index (χ4n) is 4.24.